The van der Waals surface area contributed by atoms with Crippen LogP contribution in [0, 0.1) is 0 Å². The predicted octanol–water partition coefficient (Wildman–Crippen LogP) is 3.79. The van der Waals surface area contributed by atoms with Crippen LogP contribution in [0.3, 0.4) is 0 Å². The average Bonchev–Trinajstić information content (AvgIpc) is 3.38. The first kappa shape index (κ1) is 23.1. The Balaban J connectivity index is 1.30. The summed E-state index contributed by atoms with van der Waals surface area (Å²) in [7, 11) is 0. The van der Waals surface area contributed by atoms with E-state index in [0.29, 0.717) is 28.8 Å². The topological polar surface area (TPSA) is 96.5 Å². The maximum absolute atomic E-state index is 13.1. The van der Waals surface area contributed by atoms with Gasteiger partial charge in [0.25, 0.3) is 5.91 Å². The maximum Gasteiger partial charge on any atom is 0.254 e. The molecule has 5 rings (SSSR count). The van der Waals surface area contributed by atoms with Gasteiger partial charge in [0.1, 0.15) is 6.54 Å². The van der Waals surface area contributed by atoms with E-state index < -0.39 is 0 Å². The van der Waals surface area contributed by atoms with Gasteiger partial charge in [0.05, 0.1) is 16.9 Å². The molecule has 34 heavy (non-hydrogen) atoms. The van der Waals surface area contributed by atoms with Crippen LogP contribution >= 0.6 is 11.6 Å². The van der Waals surface area contributed by atoms with Crippen LogP contribution in [-0.4, -0.2) is 58.0 Å². The third kappa shape index (κ3) is 4.88. The number of hydrogen-bond donors (Lipinski definition) is 2. The molecule has 2 aliphatic heterocycles. The molecule has 0 spiro atoms. The molecule has 0 atom stereocenters. The van der Waals surface area contributed by atoms with Crippen LogP contribution < -0.4 is 10.6 Å². The van der Waals surface area contributed by atoms with Crippen molar-refractivity contribution in [1.29, 1.82) is 0 Å². The Morgan fingerprint density at radius 3 is 2.79 bits per heavy atom. The van der Waals surface area contributed by atoms with Gasteiger partial charge in [0.2, 0.25) is 11.9 Å². The first-order valence-corrected chi connectivity index (χ1v) is 12.4. The minimum Gasteiger partial charge on any atom is -0.381 e. The molecular weight excluding hydrogens is 454 g/mol. The first-order chi connectivity index (χ1) is 16.4. The van der Waals surface area contributed by atoms with Crippen LogP contribution in [0.4, 0.5) is 5.95 Å². The predicted molar refractivity (Wildman–Crippen MR) is 130 cm³/mol. The molecule has 8 nitrogen and oxygen atoms in total. The average molecular weight is 484 g/mol. The van der Waals surface area contributed by atoms with Crippen molar-refractivity contribution in [2.45, 2.75) is 63.6 Å². The fourth-order valence-corrected chi connectivity index (χ4v) is 5.33. The van der Waals surface area contributed by atoms with Gasteiger partial charge in [-0.2, -0.15) is 0 Å². The lowest BCUT2D eigenvalue weighted by atomic mass is 10.0. The number of rotatable bonds is 6. The molecule has 2 aromatic rings. The normalized spacial score (nSPS) is 19.8. The Bertz CT molecular complexity index is 1100. The summed E-state index contributed by atoms with van der Waals surface area (Å²) in [6.07, 6.45) is 7.62. The second-order valence-corrected chi connectivity index (χ2v) is 10.2. The van der Waals surface area contributed by atoms with E-state index in [-0.39, 0.29) is 29.9 Å². The zero-order valence-corrected chi connectivity index (χ0v) is 20.2. The molecule has 0 radical (unpaired) electrons. The van der Waals surface area contributed by atoms with Crippen LogP contribution in [0.1, 0.15) is 61.4 Å². The van der Waals surface area contributed by atoms with Gasteiger partial charge in [-0.1, -0.05) is 36.6 Å². The third-order valence-electron chi connectivity index (χ3n) is 7.04. The van der Waals surface area contributed by atoms with Gasteiger partial charge in [-0.15, -0.1) is 0 Å². The van der Waals surface area contributed by atoms with Crippen molar-refractivity contribution in [2.75, 3.05) is 25.1 Å². The molecule has 1 saturated carbocycles. The first-order valence-electron chi connectivity index (χ1n) is 12.0. The molecule has 2 N–H and O–H groups in total. The van der Waals surface area contributed by atoms with E-state index in [9.17, 15) is 9.59 Å². The van der Waals surface area contributed by atoms with Crippen LogP contribution in [0.2, 0.25) is 5.02 Å². The quantitative estimate of drug-likeness (QED) is 0.648. The molecule has 1 saturated heterocycles. The van der Waals surface area contributed by atoms with Crippen LogP contribution in [0.25, 0.3) is 11.3 Å². The fourth-order valence-electron chi connectivity index (χ4n) is 5.13. The maximum atomic E-state index is 13.1. The van der Waals surface area contributed by atoms with E-state index in [2.05, 4.69) is 27.5 Å². The van der Waals surface area contributed by atoms with Crippen LogP contribution in [-0.2, 0) is 16.1 Å². The van der Waals surface area contributed by atoms with Gasteiger partial charge in [0, 0.05) is 42.5 Å². The summed E-state index contributed by atoms with van der Waals surface area (Å²) in [6.45, 7) is 4.01. The number of amides is 2. The second kappa shape index (κ2) is 9.50. The lowest BCUT2D eigenvalue weighted by Gasteiger charge is -2.26. The number of nitrogens with one attached hydrogen (secondary N) is 2. The van der Waals surface area contributed by atoms with E-state index in [0.717, 1.165) is 62.9 Å². The minimum absolute atomic E-state index is 0.0614. The number of halogens is 1. The van der Waals surface area contributed by atoms with E-state index in [4.69, 9.17) is 16.3 Å². The summed E-state index contributed by atoms with van der Waals surface area (Å²) in [5.74, 6) is 0.264. The number of fused-ring (bicyclic) bond motifs is 1. The van der Waals surface area contributed by atoms with Gasteiger partial charge in [-0.05, 0) is 44.2 Å². The number of aromatic nitrogens is 2. The molecule has 1 aromatic carbocycles. The Morgan fingerprint density at radius 1 is 1.26 bits per heavy atom. The van der Waals surface area contributed by atoms with Crippen molar-refractivity contribution in [3.8, 4) is 11.3 Å². The largest absolute Gasteiger partial charge is 0.381 e. The monoisotopic (exact) mass is 483 g/mol. The highest BCUT2D eigenvalue weighted by Gasteiger charge is 2.33. The minimum atomic E-state index is -0.153. The molecule has 3 heterocycles. The number of anilines is 1. The van der Waals surface area contributed by atoms with Crippen molar-refractivity contribution in [3.05, 3.63) is 40.5 Å². The van der Waals surface area contributed by atoms with Gasteiger partial charge in [-0.3, -0.25) is 9.59 Å². The Kier molecular flexibility index (Phi) is 6.44. The highest BCUT2D eigenvalue weighted by Crippen LogP contribution is 2.32. The Hall–Kier alpha value is -2.71. The number of ether oxygens (including phenoxy) is 1. The van der Waals surface area contributed by atoms with E-state index in [1.165, 1.54) is 0 Å². The van der Waals surface area contributed by atoms with E-state index >= 15 is 0 Å². The van der Waals surface area contributed by atoms with Crippen molar-refractivity contribution in [2.24, 2.45) is 0 Å². The summed E-state index contributed by atoms with van der Waals surface area (Å²) in [5, 5.41) is 6.91. The number of nitrogens with zero attached hydrogens (tertiary/aromatic N) is 3. The molecule has 1 aliphatic carbocycles. The lowest BCUT2D eigenvalue weighted by Crippen LogP contribution is -2.48. The Labute approximate surface area is 204 Å². The van der Waals surface area contributed by atoms with Crippen LogP contribution in [0.5, 0.6) is 0 Å². The summed E-state index contributed by atoms with van der Waals surface area (Å²) in [4.78, 5) is 36.3. The van der Waals surface area contributed by atoms with E-state index in [1.807, 2.05) is 18.2 Å². The highest BCUT2D eigenvalue weighted by molar-refractivity contribution is 6.33. The number of hydrogen-bond acceptors (Lipinski definition) is 6. The summed E-state index contributed by atoms with van der Waals surface area (Å²) in [6, 6.07) is 5.92. The van der Waals surface area contributed by atoms with Gasteiger partial charge in [-0.25, -0.2) is 9.97 Å². The molecule has 1 aromatic heterocycles. The van der Waals surface area contributed by atoms with Gasteiger partial charge >= 0.3 is 0 Å². The number of carbonyl (C=O) groups is 2. The second-order valence-electron chi connectivity index (χ2n) is 9.77. The zero-order valence-electron chi connectivity index (χ0n) is 19.4. The van der Waals surface area contributed by atoms with Crippen molar-refractivity contribution in [3.63, 3.8) is 0 Å². The molecule has 0 bridgehead atoms. The van der Waals surface area contributed by atoms with Crippen molar-refractivity contribution < 1.29 is 14.3 Å². The summed E-state index contributed by atoms with van der Waals surface area (Å²) in [5.41, 5.74) is 2.66. The fraction of sp³-hybridized carbons (Fsp3) is 0.520. The standard InChI is InChI=1S/C25H30ClN5O3/c1-25(8-2-3-9-25)30-21(32)15-31-14-17-5-4-16(12-19(17)23(31)33)22-20(26)13-27-24(29-22)28-18-6-10-34-11-7-18/h4-5,12-13,18H,2-3,6-11,14-15H2,1H3,(H,30,32)(H,27,28,29). The van der Waals surface area contributed by atoms with Crippen molar-refractivity contribution in [1.82, 2.24) is 20.2 Å². The van der Waals surface area contributed by atoms with Gasteiger partial charge in [0.15, 0.2) is 0 Å². The zero-order chi connectivity index (χ0) is 23.7. The molecule has 9 heteroatoms. The molecule has 2 fully saturated rings. The van der Waals surface area contributed by atoms with Gasteiger partial charge < -0.3 is 20.3 Å². The number of carbonyl (C=O) groups excluding carboxylic acids is 2. The number of benzene rings is 1. The highest BCUT2D eigenvalue weighted by atomic mass is 35.5. The van der Waals surface area contributed by atoms with E-state index in [1.54, 1.807) is 11.1 Å². The summed E-state index contributed by atoms with van der Waals surface area (Å²) < 4.78 is 5.41. The summed E-state index contributed by atoms with van der Waals surface area (Å²) >= 11 is 6.43. The third-order valence-corrected chi connectivity index (χ3v) is 7.32. The molecular formula is C25H30ClN5O3. The molecule has 3 aliphatic rings. The smallest absolute Gasteiger partial charge is 0.254 e. The molecule has 0 unspecified atom stereocenters. The molecule has 2 amide bonds. The van der Waals surface area contributed by atoms with Crippen LogP contribution in [0.15, 0.2) is 24.4 Å². The SMILES string of the molecule is CC1(NC(=O)CN2Cc3ccc(-c4nc(NC5CCOCC5)ncc4Cl)cc3C2=O)CCCC1. The Morgan fingerprint density at radius 2 is 2.03 bits per heavy atom. The molecule has 180 valence electrons. The van der Waals surface area contributed by atoms with Crippen molar-refractivity contribution >= 4 is 29.4 Å². The lowest BCUT2D eigenvalue weighted by molar-refractivity contribution is -0.123.